The summed E-state index contributed by atoms with van der Waals surface area (Å²) in [6.07, 6.45) is 2.25. The van der Waals surface area contributed by atoms with E-state index in [1.807, 2.05) is 44.2 Å². The highest BCUT2D eigenvalue weighted by molar-refractivity contribution is 6.83. The summed E-state index contributed by atoms with van der Waals surface area (Å²) in [6.45, 7) is 14.5. The molecule has 1 aromatic heterocycles. The van der Waals surface area contributed by atoms with Crippen molar-refractivity contribution in [2.24, 2.45) is 0 Å². The number of nitrogens with zero attached hydrogens (tertiary/aromatic N) is 2. The Bertz CT molecular complexity index is 1110. The molecule has 1 aliphatic carbocycles. The van der Waals surface area contributed by atoms with E-state index in [4.69, 9.17) is 0 Å². The molecule has 1 atom stereocenters. The van der Waals surface area contributed by atoms with E-state index in [0.29, 0.717) is 18.8 Å². The van der Waals surface area contributed by atoms with Crippen LogP contribution in [-0.4, -0.2) is 45.8 Å². The number of H-pyrrole nitrogens is 1. The maximum atomic E-state index is 13.5. The van der Waals surface area contributed by atoms with Gasteiger partial charge in [-0.25, -0.2) is 4.79 Å². The summed E-state index contributed by atoms with van der Waals surface area (Å²) < 4.78 is 0. The van der Waals surface area contributed by atoms with Crippen LogP contribution in [-0.2, 0) is 16.9 Å². The smallest absolute Gasteiger partial charge is 0.318 e. The van der Waals surface area contributed by atoms with E-state index in [2.05, 4.69) is 40.5 Å². The molecule has 0 radical (unpaired) electrons. The molecule has 0 unspecified atom stereocenters. The van der Waals surface area contributed by atoms with E-state index >= 15 is 0 Å². The first-order chi connectivity index (χ1) is 16.2. The lowest BCUT2D eigenvalue weighted by atomic mass is 9.94. The predicted octanol–water partition coefficient (Wildman–Crippen LogP) is 4.88. The number of hydrogen-bond donors (Lipinski definition) is 4. The van der Waals surface area contributed by atoms with Crippen LogP contribution in [0.1, 0.15) is 69.8 Å². The number of aliphatic hydroxyl groups is 1. The van der Waals surface area contributed by atoms with Crippen molar-refractivity contribution in [1.82, 2.24) is 20.4 Å². The Labute approximate surface area is 208 Å². The molecule has 4 rings (SSSR count). The number of nitrogens with one attached hydrogen (secondary N) is 3. The molecule has 2 aromatic rings. The number of carbonyl (C=O) groups is 2. The van der Waals surface area contributed by atoms with Crippen molar-refractivity contribution in [2.75, 3.05) is 5.32 Å². The summed E-state index contributed by atoms with van der Waals surface area (Å²) in [5.41, 5.74) is 1.04. The number of fused-ring (bicyclic) bond motifs is 1. The molecule has 1 aromatic carbocycles. The molecule has 1 aliphatic heterocycles. The van der Waals surface area contributed by atoms with Crippen LogP contribution in [0.5, 0.6) is 0 Å². The number of benzene rings is 1. The first kappa shape index (κ1) is 25.4. The lowest BCUT2D eigenvalue weighted by Gasteiger charge is -2.34. The van der Waals surface area contributed by atoms with Crippen molar-refractivity contribution < 1.29 is 14.7 Å². The highest BCUT2D eigenvalue weighted by Crippen LogP contribution is 2.61. The summed E-state index contributed by atoms with van der Waals surface area (Å²) in [7, 11) is -1.67. The van der Waals surface area contributed by atoms with Crippen LogP contribution in [0, 0.1) is 0 Å². The van der Waals surface area contributed by atoms with E-state index in [1.165, 1.54) is 0 Å². The molecule has 2 heterocycles. The summed E-state index contributed by atoms with van der Waals surface area (Å²) in [5, 5.41) is 24.0. The number of hydrogen-bond acceptors (Lipinski definition) is 4. The number of carbonyl (C=O) groups excluding carboxylic acids is 2. The van der Waals surface area contributed by atoms with E-state index in [0.717, 1.165) is 29.7 Å². The highest BCUT2D eigenvalue weighted by Gasteiger charge is 2.59. The van der Waals surface area contributed by atoms with Gasteiger partial charge in [0.25, 0.3) is 0 Å². The van der Waals surface area contributed by atoms with E-state index in [1.54, 1.807) is 18.7 Å². The molecule has 2 aliphatic rings. The number of rotatable bonds is 7. The largest absolute Gasteiger partial charge is 0.390 e. The van der Waals surface area contributed by atoms with Gasteiger partial charge in [0.05, 0.1) is 37.5 Å². The van der Waals surface area contributed by atoms with Gasteiger partial charge in [-0.1, -0.05) is 50.0 Å². The quantitative estimate of drug-likeness (QED) is 0.409. The molecular weight excluding hydrogens is 458 g/mol. The van der Waals surface area contributed by atoms with Gasteiger partial charge in [0.1, 0.15) is 0 Å². The van der Waals surface area contributed by atoms with Crippen LogP contribution in [0.25, 0.3) is 0 Å². The van der Waals surface area contributed by atoms with Crippen LogP contribution in [0.4, 0.5) is 10.6 Å². The lowest BCUT2D eigenvalue weighted by molar-refractivity contribution is -0.117. The summed E-state index contributed by atoms with van der Waals surface area (Å²) in [5.74, 6) is 0.579. The Kier molecular flexibility index (Phi) is 6.16. The number of urea groups is 1. The zero-order valence-corrected chi connectivity index (χ0v) is 23.0. The third-order valence-corrected chi connectivity index (χ3v) is 11.4. The molecule has 9 heteroatoms. The Morgan fingerprint density at radius 1 is 1.20 bits per heavy atom. The third-order valence-electron chi connectivity index (χ3n) is 7.77. The lowest BCUT2D eigenvalue weighted by Crippen LogP contribution is -2.48. The Balaban J connectivity index is 1.53. The van der Waals surface area contributed by atoms with Gasteiger partial charge in [-0.05, 0) is 46.1 Å². The van der Waals surface area contributed by atoms with Crippen molar-refractivity contribution in [2.45, 2.75) is 95.4 Å². The van der Waals surface area contributed by atoms with Crippen LogP contribution >= 0.6 is 0 Å². The number of aromatic amines is 1. The average molecular weight is 498 g/mol. The second kappa shape index (κ2) is 8.48. The van der Waals surface area contributed by atoms with Gasteiger partial charge in [-0.15, -0.1) is 0 Å². The van der Waals surface area contributed by atoms with Crippen molar-refractivity contribution in [3.05, 3.63) is 47.2 Å². The maximum absolute atomic E-state index is 13.5. The minimum atomic E-state index is -1.67. The normalized spacial score (nSPS) is 19.1. The molecule has 35 heavy (non-hydrogen) atoms. The molecular formula is C26H39N5O3Si. The third kappa shape index (κ3) is 4.76. The number of amides is 3. The minimum absolute atomic E-state index is 0.0565. The van der Waals surface area contributed by atoms with Crippen molar-refractivity contribution in [1.29, 1.82) is 0 Å². The minimum Gasteiger partial charge on any atom is -0.390 e. The van der Waals surface area contributed by atoms with Gasteiger partial charge in [0.2, 0.25) is 5.91 Å². The molecule has 190 valence electrons. The van der Waals surface area contributed by atoms with Crippen molar-refractivity contribution in [3.63, 3.8) is 0 Å². The zero-order chi connectivity index (χ0) is 25.8. The van der Waals surface area contributed by atoms with Gasteiger partial charge in [0, 0.05) is 17.0 Å². The van der Waals surface area contributed by atoms with Gasteiger partial charge >= 0.3 is 6.03 Å². The Morgan fingerprint density at radius 3 is 2.37 bits per heavy atom. The summed E-state index contributed by atoms with van der Waals surface area (Å²) in [4.78, 5) is 28.5. The molecule has 0 bridgehead atoms. The van der Waals surface area contributed by atoms with Crippen molar-refractivity contribution >= 4 is 25.8 Å². The average Bonchev–Trinajstić information content (AvgIpc) is 3.41. The van der Waals surface area contributed by atoms with Gasteiger partial charge < -0.3 is 20.6 Å². The molecule has 1 saturated carbocycles. The SMILES string of the molecule is CC(C)(O)C[C@@H](NC(=O)N1Cc2c(NC(=O)C3([Si](C)(C)C)CC3)n[nH]c2C1(C)C)c1ccccc1. The second-order valence-corrected chi connectivity index (χ2v) is 17.7. The van der Waals surface area contributed by atoms with Gasteiger partial charge in [-0.3, -0.25) is 9.89 Å². The van der Waals surface area contributed by atoms with Gasteiger partial charge in [-0.2, -0.15) is 5.10 Å². The predicted molar refractivity (Wildman–Crippen MR) is 140 cm³/mol. The molecule has 3 amide bonds. The summed E-state index contributed by atoms with van der Waals surface area (Å²) in [6, 6.07) is 9.13. The van der Waals surface area contributed by atoms with E-state index < -0.39 is 19.2 Å². The summed E-state index contributed by atoms with van der Waals surface area (Å²) >= 11 is 0. The molecule has 0 saturated heterocycles. The Morgan fingerprint density at radius 2 is 1.83 bits per heavy atom. The second-order valence-electron chi connectivity index (χ2n) is 12.3. The first-order valence-electron chi connectivity index (χ1n) is 12.4. The fourth-order valence-electron chi connectivity index (χ4n) is 5.28. The molecule has 4 N–H and O–H groups in total. The fraction of sp³-hybridized carbons (Fsp3) is 0.577. The van der Waals surface area contributed by atoms with E-state index in [-0.39, 0.29) is 23.0 Å². The standard InChI is InChI=1S/C26H39N5O3Si/c1-24(2,34)15-19(17-11-9-8-10-12-17)27-23(33)31-16-18-20(25(31,3)4)29-30-21(18)28-22(32)26(13-14-26)35(5,6)7/h8-12,19,34H,13-16H2,1-7H3,(H,27,33)(H2,28,29,30,32)/t19-/m1/s1. The number of anilines is 1. The van der Waals surface area contributed by atoms with E-state index in [9.17, 15) is 14.7 Å². The maximum Gasteiger partial charge on any atom is 0.318 e. The number of aromatic nitrogens is 2. The van der Waals surface area contributed by atoms with Gasteiger partial charge in [0.15, 0.2) is 5.82 Å². The monoisotopic (exact) mass is 497 g/mol. The Hall–Kier alpha value is -2.65. The highest BCUT2D eigenvalue weighted by atomic mass is 28.3. The fourth-order valence-corrected chi connectivity index (χ4v) is 7.65. The topological polar surface area (TPSA) is 110 Å². The first-order valence-corrected chi connectivity index (χ1v) is 15.9. The molecule has 8 nitrogen and oxygen atoms in total. The van der Waals surface area contributed by atoms with Crippen LogP contribution < -0.4 is 10.6 Å². The molecule has 1 fully saturated rings. The van der Waals surface area contributed by atoms with Crippen molar-refractivity contribution in [3.8, 4) is 0 Å². The van der Waals surface area contributed by atoms with Crippen LogP contribution in [0.3, 0.4) is 0 Å². The molecule has 0 spiro atoms. The van der Waals surface area contributed by atoms with Crippen LogP contribution in [0.15, 0.2) is 30.3 Å². The zero-order valence-electron chi connectivity index (χ0n) is 22.0. The van der Waals surface area contributed by atoms with Crippen LogP contribution in [0.2, 0.25) is 24.7 Å².